The molecule has 0 aliphatic heterocycles. The Labute approximate surface area is 152 Å². The summed E-state index contributed by atoms with van der Waals surface area (Å²) >= 11 is 5.91. The minimum atomic E-state index is -0.324. The number of hydrogen-bond acceptors (Lipinski definition) is 5. The Morgan fingerprint density at radius 3 is 2.96 bits per heavy atom. The zero-order valence-electron chi connectivity index (χ0n) is 14.0. The quantitative estimate of drug-likeness (QED) is 0.597. The highest BCUT2D eigenvalue weighted by molar-refractivity contribution is 6.31. The van der Waals surface area contributed by atoms with Crippen LogP contribution in [-0.2, 0) is 18.4 Å². The highest BCUT2D eigenvalue weighted by Crippen LogP contribution is 2.22. The van der Waals surface area contributed by atoms with Crippen molar-refractivity contribution in [3.05, 3.63) is 51.5 Å². The van der Waals surface area contributed by atoms with E-state index in [2.05, 4.69) is 15.3 Å². The van der Waals surface area contributed by atoms with Gasteiger partial charge in [-0.3, -0.25) is 19.5 Å². The number of fused-ring (bicyclic) bond motifs is 2. The van der Waals surface area contributed by atoms with Gasteiger partial charge in [-0.2, -0.15) is 4.98 Å². The van der Waals surface area contributed by atoms with E-state index >= 15 is 0 Å². The Hall–Kier alpha value is -3.13. The second kappa shape index (κ2) is 5.99. The van der Waals surface area contributed by atoms with Gasteiger partial charge in [0.25, 0.3) is 5.56 Å². The third-order valence-electron chi connectivity index (χ3n) is 4.09. The van der Waals surface area contributed by atoms with Gasteiger partial charge in [0.1, 0.15) is 12.1 Å². The van der Waals surface area contributed by atoms with E-state index in [9.17, 15) is 9.59 Å². The summed E-state index contributed by atoms with van der Waals surface area (Å²) in [5.41, 5.74) is 2.96. The molecular formula is C17H14ClN5O3. The maximum absolute atomic E-state index is 12.4. The molecule has 3 heterocycles. The highest BCUT2D eigenvalue weighted by Gasteiger charge is 2.14. The molecule has 3 aromatic heterocycles. The van der Waals surface area contributed by atoms with E-state index in [4.69, 9.17) is 16.0 Å². The van der Waals surface area contributed by atoms with Crippen LogP contribution in [0.2, 0.25) is 5.02 Å². The van der Waals surface area contributed by atoms with Crippen molar-refractivity contribution in [2.75, 3.05) is 5.32 Å². The molecule has 0 bridgehead atoms. The molecule has 132 valence electrons. The molecule has 1 amide bonds. The van der Waals surface area contributed by atoms with E-state index in [1.54, 1.807) is 29.8 Å². The van der Waals surface area contributed by atoms with Gasteiger partial charge in [0, 0.05) is 24.2 Å². The molecule has 0 saturated heterocycles. The van der Waals surface area contributed by atoms with Crippen LogP contribution in [0.3, 0.4) is 0 Å². The number of aromatic nitrogens is 4. The van der Waals surface area contributed by atoms with Crippen molar-refractivity contribution >= 4 is 45.8 Å². The molecule has 0 fully saturated rings. The number of aryl methyl sites for hydroxylation is 2. The number of benzene rings is 1. The van der Waals surface area contributed by atoms with Crippen molar-refractivity contribution in [2.45, 2.75) is 13.5 Å². The molecule has 9 heteroatoms. The fourth-order valence-corrected chi connectivity index (χ4v) is 3.02. The minimum absolute atomic E-state index is 0.00895. The number of halogens is 1. The van der Waals surface area contributed by atoms with Crippen LogP contribution < -0.4 is 10.9 Å². The molecule has 4 aromatic rings. The summed E-state index contributed by atoms with van der Waals surface area (Å²) in [5, 5.41) is 3.15. The lowest BCUT2D eigenvalue weighted by molar-refractivity contribution is -0.116. The SMILES string of the molecule is Cc1cc(=O)n(C)c2ncn(CC(=O)Nc3nc4ccc(Cl)cc4o3)c12. The number of anilines is 1. The maximum Gasteiger partial charge on any atom is 0.302 e. The molecular weight excluding hydrogens is 358 g/mol. The van der Waals surface area contributed by atoms with Crippen LogP contribution in [0.4, 0.5) is 6.01 Å². The number of nitrogens with one attached hydrogen (secondary N) is 1. The van der Waals surface area contributed by atoms with E-state index < -0.39 is 0 Å². The smallest absolute Gasteiger partial charge is 0.302 e. The van der Waals surface area contributed by atoms with Crippen LogP contribution in [-0.4, -0.2) is 25.0 Å². The third kappa shape index (κ3) is 2.74. The third-order valence-corrected chi connectivity index (χ3v) is 4.33. The zero-order chi connectivity index (χ0) is 18.4. The Kier molecular flexibility index (Phi) is 3.77. The van der Waals surface area contributed by atoms with Gasteiger partial charge < -0.3 is 8.98 Å². The van der Waals surface area contributed by atoms with Gasteiger partial charge >= 0.3 is 6.01 Å². The molecule has 4 rings (SSSR count). The van der Waals surface area contributed by atoms with Crippen molar-refractivity contribution in [3.63, 3.8) is 0 Å². The van der Waals surface area contributed by atoms with Crippen LogP contribution in [0.5, 0.6) is 0 Å². The van der Waals surface area contributed by atoms with Gasteiger partial charge in [0.2, 0.25) is 5.91 Å². The summed E-state index contributed by atoms with van der Waals surface area (Å²) in [4.78, 5) is 32.7. The largest absolute Gasteiger partial charge is 0.423 e. The Bertz CT molecular complexity index is 1220. The number of nitrogens with zero attached hydrogens (tertiary/aromatic N) is 4. The molecule has 0 radical (unpaired) electrons. The van der Waals surface area contributed by atoms with Crippen molar-refractivity contribution < 1.29 is 9.21 Å². The summed E-state index contributed by atoms with van der Waals surface area (Å²) in [7, 11) is 1.64. The normalized spacial score (nSPS) is 11.3. The summed E-state index contributed by atoms with van der Waals surface area (Å²) in [6.45, 7) is 1.82. The van der Waals surface area contributed by atoms with E-state index in [0.29, 0.717) is 21.8 Å². The second-order valence-electron chi connectivity index (χ2n) is 5.95. The lowest BCUT2D eigenvalue weighted by Crippen LogP contribution is -2.20. The Balaban J connectivity index is 1.61. The average Bonchev–Trinajstić information content (AvgIpc) is 3.16. The highest BCUT2D eigenvalue weighted by atomic mass is 35.5. The molecule has 26 heavy (non-hydrogen) atoms. The Morgan fingerprint density at radius 2 is 2.15 bits per heavy atom. The number of amides is 1. The first-order valence-electron chi connectivity index (χ1n) is 7.80. The molecule has 1 N–H and O–H groups in total. The summed E-state index contributed by atoms with van der Waals surface area (Å²) in [6.07, 6.45) is 1.53. The second-order valence-corrected chi connectivity index (χ2v) is 6.38. The molecule has 1 aromatic carbocycles. The first-order valence-corrected chi connectivity index (χ1v) is 8.17. The first kappa shape index (κ1) is 16.3. The van der Waals surface area contributed by atoms with E-state index in [-0.39, 0.29) is 24.0 Å². The van der Waals surface area contributed by atoms with Crippen LogP contribution >= 0.6 is 11.6 Å². The predicted molar refractivity (Wildman–Crippen MR) is 97.4 cm³/mol. The van der Waals surface area contributed by atoms with Gasteiger partial charge in [-0.1, -0.05) is 11.6 Å². The summed E-state index contributed by atoms with van der Waals surface area (Å²) < 4.78 is 8.61. The number of carbonyl (C=O) groups is 1. The number of carbonyl (C=O) groups excluding carboxylic acids is 1. The fraction of sp³-hybridized carbons (Fsp3) is 0.176. The van der Waals surface area contributed by atoms with Crippen molar-refractivity contribution in [1.29, 1.82) is 0 Å². The van der Waals surface area contributed by atoms with Gasteiger partial charge in [-0.05, 0) is 24.6 Å². The van der Waals surface area contributed by atoms with E-state index in [1.807, 2.05) is 6.92 Å². The number of imidazole rings is 1. The number of rotatable bonds is 3. The van der Waals surface area contributed by atoms with Gasteiger partial charge in [-0.25, -0.2) is 4.98 Å². The molecule has 0 aliphatic rings. The van der Waals surface area contributed by atoms with Crippen LogP contribution in [0, 0.1) is 6.92 Å². The maximum atomic E-state index is 12.4. The first-order chi connectivity index (χ1) is 12.4. The fourth-order valence-electron chi connectivity index (χ4n) is 2.86. The lowest BCUT2D eigenvalue weighted by Gasteiger charge is -2.07. The van der Waals surface area contributed by atoms with Crippen molar-refractivity contribution in [1.82, 2.24) is 19.1 Å². The molecule has 0 saturated carbocycles. The van der Waals surface area contributed by atoms with Crippen LogP contribution in [0.25, 0.3) is 22.3 Å². The monoisotopic (exact) mass is 371 g/mol. The predicted octanol–water partition coefficient (Wildman–Crippen LogP) is 2.48. The Morgan fingerprint density at radius 1 is 1.35 bits per heavy atom. The molecule has 8 nitrogen and oxygen atoms in total. The lowest BCUT2D eigenvalue weighted by atomic mass is 10.2. The minimum Gasteiger partial charge on any atom is -0.423 e. The van der Waals surface area contributed by atoms with E-state index in [1.165, 1.54) is 17.0 Å². The van der Waals surface area contributed by atoms with Gasteiger partial charge in [0.15, 0.2) is 11.2 Å². The molecule has 0 spiro atoms. The van der Waals surface area contributed by atoms with Crippen molar-refractivity contribution in [2.24, 2.45) is 7.05 Å². The topological polar surface area (TPSA) is 95.0 Å². The summed E-state index contributed by atoms with van der Waals surface area (Å²) in [5.74, 6) is -0.324. The molecule has 0 unspecified atom stereocenters. The van der Waals surface area contributed by atoms with Crippen LogP contribution in [0.1, 0.15) is 5.56 Å². The number of hydrogen-bond donors (Lipinski definition) is 1. The van der Waals surface area contributed by atoms with E-state index in [0.717, 1.165) is 11.1 Å². The van der Waals surface area contributed by atoms with Gasteiger partial charge in [-0.15, -0.1) is 0 Å². The average molecular weight is 372 g/mol. The number of pyridine rings is 1. The standard InChI is InChI=1S/C17H14ClN5O3/c1-9-5-14(25)22(2)16-15(9)23(8-19-16)7-13(24)21-17-20-11-4-3-10(18)6-12(11)26-17/h3-6,8H,7H2,1-2H3,(H,20,21,24). The van der Waals surface area contributed by atoms with Gasteiger partial charge in [0.05, 0.1) is 11.8 Å². The number of oxazole rings is 1. The molecule has 0 aliphatic carbocycles. The van der Waals surface area contributed by atoms with Crippen molar-refractivity contribution in [3.8, 4) is 0 Å². The summed E-state index contributed by atoms with van der Waals surface area (Å²) in [6, 6.07) is 6.66. The van der Waals surface area contributed by atoms with Crippen LogP contribution in [0.15, 0.2) is 39.8 Å². The molecule has 0 atom stereocenters. The zero-order valence-corrected chi connectivity index (χ0v) is 14.7.